The van der Waals surface area contributed by atoms with Gasteiger partial charge in [-0.15, -0.1) is 0 Å². The molecule has 1 aromatic rings. The molecule has 18 heavy (non-hydrogen) atoms. The van der Waals surface area contributed by atoms with E-state index in [-0.39, 0.29) is 12.1 Å². The van der Waals surface area contributed by atoms with Crippen LogP contribution in [-0.4, -0.2) is 42.2 Å². The van der Waals surface area contributed by atoms with E-state index in [0.29, 0.717) is 24.5 Å². The molecule has 1 fully saturated rings. The molecule has 1 saturated heterocycles. The second-order valence-electron chi connectivity index (χ2n) is 4.09. The number of ether oxygens (including phenoxy) is 1. The lowest BCUT2D eigenvalue weighted by Gasteiger charge is -2.15. The first-order valence-electron chi connectivity index (χ1n) is 5.68. The molecule has 1 atom stereocenters. The molecule has 1 aliphatic rings. The van der Waals surface area contributed by atoms with Gasteiger partial charge in [-0.3, -0.25) is 0 Å². The van der Waals surface area contributed by atoms with Crippen LogP contribution in [0.4, 0.5) is 10.6 Å². The number of nitrogens with zero attached hydrogens (tertiary/aromatic N) is 3. The molecule has 0 aliphatic carbocycles. The normalized spacial score (nSPS) is 18.2. The summed E-state index contributed by atoms with van der Waals surface area (Å²) >= 11 is 0. The van der Waals surface area contributed by atoms with Crippen LogP contribution >= 0.6 is 0 Å². The van der Waals surface area contributed by atoms with Crippen molar-refractivity contribution in [3.8, 4) is 6.07 Å². The standard InChI is InChI=1S/C12H14N4O2/c1-18-12(17)16-5-4-10(8-16)15-11-3-2-9(6-13)7-14-11/h2-3,7,10H,4-5,8H2,1H3,(H,14,15)/t10-/m1/s1. The van der Waals surface area contributed by atoms with Gasteiger partial charge in [-0.05, 0) is 18.6 Å². The zero-order valence-corrected chi connectivity index (χ0v) is 10.1. The average Bonchev–Trinajstić information content (AvgIpc) is 2.87. The Kier molecular flexibility index (Phi) is 3.63. The highest BCUT2D eigenvalue weighted by Crippen LogP contribution is 2.15. The second-order valence-corrected chi connectivity index (χ2v) is 4.09. The van der Waals surface area contributed by atoms with Crippen LogP contribution in [0.25, 0.3) is 0 Å². The largest absolute Gasteiger partial charge is 0.453 e. The smallest absolute Gasteiger partial charge is 0.409 e. The molecule has 0 bridgehead atoms. The quantitative estimate of drug-likeness (QED) is 0.848. The molecule has 0 saturated carbocycles. The van der Waals surface area contributed by atoms with Crippen molar-refractivity contribution in [2.45, 2.75) is 12.5 Å². The van der Waals surface area contributed by atoms with Crippen molar-refractivity contribution in [2.75, 3.05) is 25.5 Å². The Bertz CT molecular complexity index is 466. The Balaban J connectivity index is 1.91. The van der Waals surface area contributed by atoms with Crippen molar-refractivity contribution >= 4 is 11.9 Å². The van der Waals surface area contributed by atoms with Crippen LogP contribution in [-0.2, 0) is 4.74 Å². The van der Waals surface area contributed by atoms with Crippen molar-refractivity contribution in [1.29, 1.82) is 5.26 Å². The molecule has 0 aromatic carbocycles. The van der Waals surface area contributed by atoms with Crippen molar-refractivity contribution in [2.24, 2.45) is 0 Å². The number of carbonyl (C=O) groups is 1. The van der Waals surface area contributed by atoms with Gasteiger partial charge in [0, 0.05) is 25.3 Å². The topological polar surface area (TPSA) is 78.2 Å². The zero-order valence-electron chi connectivity index (χ0n) is 10.1. The first kappa shape index (κ1) is 12.2. The number of rotatable bonds is 2. The Hall–Kier alpha value is -2.29. The minimum Gasteiger partial charge on any atom is -0.453 e. The van der Waals surface area contributed by atoms with E-state index in [1.807, 2.05) is 6.07 Å². The minimum atomic E-state index is -0.299. The van der Waals surface area contributed by atoms with Gasteiger partial charge in [-0.1, -0.05) is 0 Å². The summed E-state index contributed by atoms with van der Waals surface area (Å²) in [5.74, 6) is 0.714. The Morgan fingerprint density at radius 1 is 1.67 bits per heavy atom. The molecular weight excluding hydrogens is 232 g/mol. The van der Waals surface area contributed by atoms with E-state index in [4.69, 9.17) is 5.26 Å². The SMILES string of the molecule is COC(=O)N1CC[C@@H](Nc2ccc(C#N)cn2)C1. The predicted octanol–water partition coefficient (Wildman–Crippen LogP) is 1.21. The van der Waals surface area contributed by atoms with Gasteiger partial charge in [0.15, 0.2) is 0 Å². The summed E-state index contributed by atoms with van der Waals surface area (Å²) < 4.78 is 4.67. The molecule has 1 aromatic heterocycles. The number of nitriles is 1. The molecule has 1 aliphatic heterocycles. The minimum absolute atomic E-state index is 0.171. The molecular formula is C12H14N4O2. The lowest BCUT2D eigenvalue weighted by Crippen LogP contribution is -2.31. The third kappa shape index (κ3) is 2.69. The monoisotopic (exact) mass is 246 g/mol. The third-order valence-corrected chi connectivity index (χ3v) is 2.87. The summed E-state index contributed by atoms with van der Waals surface area (Å²) in [5, 5.41) is 11.9. The lowest BCUT2D eigenvalue weighted by atomic mass is 10.2. The fourth-order valence-corrected chi connectivity index (χ4v) is 1.93. The summed E-state index contributed by atoms with van der Waals surface area (Å²) in [7, 11) is 1.38. The van der Waals surface area contributed by atoms with Gasteiger partial charge in [0.2, 0.25) is 0 Å². The number of hydrogen-bond acceptors (Lipinski definition) is 5. The maximum absolute atomic E-state index is 11.3. The molecule has 0 radical (unpaired) electrons. The van der Waals surface area contributed by atoms with Gasteiger partial charge in [-0.25, -0.2) is 9.78 Å². The number of carbonyl (C=O) groups excluding carboxylic acids is 1. The van der Waals surface area contributed by atoms with E-state index in [1.54, 1.807) is 17.0 Å². The van der Waals surface area contributed by atoms with Gasteiger partial charge in [0.1, 0.15) is 11.9 Å². The highest BCUT2D eigenvalue weighted by Gasteiger charge is 2.26. The van der Waals surface area contributed by atoms with Crippen LogP contribution in [0.5, 0.6) is 0 Å². The highest BCUT2D eigenvalue weighted by molar-refractivity contribution is 5.68. The molecule has 0 unspecified atom stereocenters. The molecule has 6 heteroatoms. The third-order valence-electron chi connectivity index (χ3n) is 2.87. The maximum Gasteiger partial charge on any atom is 0.409 e. The number of hydrogen-bond donors (Lipinski definition) is 1. The zero-order chi connectivity index (χ0) is 13.0. The average molecular weight is 246 g/mol. The van der Waals surface area contributed by atoms with Crippen LogP contribution < -0.4 is 5.32 Å². The number of methoxy groups -OCH3 is 1. The van der Waals surface area contributed by atoms with Gasteiger partial charge in [0.05, 0.1) is 12.7 Å². The number of anilines is 1. The molecule has 1 N–H and O–H groups in total. The fourth-order valence-electron chi connectivity index (χ4n) is 1.93. The van der Waals surface area contributed by atoms with E-state index in [9.17, 15) is 4.79 Å². The lowest BCUT2D eigenvalue weighted by molar-refractivity contribution is 0.133. The highest BCUT2D eigenvalue weighted by atomic mass is 16.5. The number of pyridine rings is 1. The molecule has 1 amide bonds. The van der Waals surface area contributed by atoms with Crippen LogP contribution in [0.1, 0.15) is 12.0 Å². The van der Waals surface area contributed by atoms with Gasteiger partial charge in [-0.2, -0.15) is 5.26 Å². The Morgan fingerprint density at radius 2 is 2.50 bits per heavy atom. The molecule has 2 heterocycles. The number of amides is 1. The Morgan fingerprint density at radius 3 is 3.11 bits per heavy atom. The van der Waals surface area contributed by atoms with Crippen molar-refractivity contribution in [1.82, 2.24) is 9.88 Å². The fraction of sp³-hybridized carbons (Fsp3) is 0.417. The van der Waals surface area contributed by atoms with E-state index < -0.39 is 0 Å². The van der Waals surface area contributed by atoms with Gasteiger partial charge >= 0.3 is 6.09 Å². The first-order chi connectivity index (χ1) is 8.72. The first-order valence-corrected chi connectivity index (χ1v) is 5.68. The van der Waals surface area contributed by atoms with E-state index in [0.717, 1.165) is 6.42 Å². The Labute approximate surface area is 105 Å². The van der Waals surface area contributed by atoms with E-state index in [2.05, 4.69) is 15.0 Å². The van der Waals surface area contributed by atoms with Gasteiger partial charge < -0.3 is 15.0 Å². The van der Waals surface area contributed by atoms with E-state index in [1.165, 1.54) is 13.3 Å². The summed E-state index contributed by atoms with van der Waals surface area (Å²) in [6.07, 6.45) is 2.08. The predicted molar refractivity (Wildman–Crippen MR) is 65.0 cm³/mol. The van der Waals surface area contributed by atoms with Crippen LogP contribution in [0.15, 0.2) is 18.3 Å². The van der Waals surface area contributed by atoms with Crippen molar-refractivity contribution in [3.05, 3.63) is 23.9 Å². The number of nitrogens with one attached hydrogen (secondary N) is 1. The van der Waals surface area contributed by atoms with Crippen molar-refractivity contribution in [3.63, 3.8) is 0 Å². The molecule has 0 spiro atoms. The number of aromatic nitrogens is 1. The van der Waals surface area contributed by atoms with Crippen LogP contribution in [0, 0.1) is 11.3 Å². The van der Waals surface area contributed by atoms with Crippen molar-refractivity contribution < 1.29 is 9.53 Å². The van der Waals surface area contributed by atoms with E-state index >= 15 is 0 Å². The maximum atomic E-state index is 11.3. The molecule has 6 nitrogen and oxygen atoms in total. The summed E-state index contributed by atoms with van der Waals surface area (Å²) in [6.45, 7) is 1.29. The molecule has 2 rings (SSSR count). The summed E-state index contributed by atoms with van der Waals surface area (Å²) in [4.78, 5) is 17.1. The van der Waals surface area contributed by atoms with Gasteiger partial charge in [0.25, 0.3) is 0 Å². The second kappa shape index (κ2) is 5.36. The van der Waals surface area contributed by atoms with Crippen LogP contribution in [0.2, 0.25) is 0 Å². The summed E-state index contributed by atoms with van der Waals surface area (Å²) in [6, 6.07) is 5.66. The molecule has 94 valence electrons. The number of likely N-dealkylation sites (tertiary alicyclic amines) is 1. The summed E-state index contributed by atoms with van der Waals surface area (Å²) in [5.41, 5.74) is 0.531. The van der Waals surface area contributed by atoms with Crippen LogP contribution in [0.3, 0.4) is 0 Å².